The van der Waals surface area contributed by atoms with E-state index in [1.807, 2.05) is 0 Å². The smallest absolute Gasteiger partial charge is 0.435 e. The largest absolute Gasteiger partial charge is 0.477 e. The first-order valence-corrected chi connectivity index (χ1v) is 6.09. The molecule has 0 unspecified atom stereocenters. The molecule has 2 rings (SSSR count). The maximum atomic E-state index is 13.2. The third-order valence-electron chi connectivity index (χ3n) is 2.52. The van der Waals surface area contributed by atoms with Crippen LogP contribution in [-0.4, -0.2) is 16.1 Å². The average Bonchev–Trinajstić information content (AvgIpc) is 2.77. The third-order valence-corrected chi connectivity index (χ3v) is 3.60. The van der Waals surface area contributed by atoms with E-state index in [0.717, 1.165) is 12.1 Å². The molecule has 0 aliphatic heterocycles. The fourth-order valence-corrected chi connectivity index (χ4v) is 2.60. The van der Waals surface area contributed by atoms with Crippen LogP contribution in [0.1, 0.15) is 20.9 Å². The van der Waals surface area contributed by atoms with E-state index in [-0.39, 0.29) is 10.6 Å². The molecule has 1 heterocycles. The third kappa shape index (κ3) is 2.64. The Morgan fingerprint density at radius 2 is 2.00 bits per heavy atom. The molecule has 0 saturated heterocycles. The van der Waals surface area contributed by atoms with Gasteiger partial charge in [0.15, 0.2) is 5.69 Å². The Hall–Kier alpha value is -1.96. The van der Waals surface area contributed by atoms with Crippen molar-refractivity contribution < 1.29 is 27.5 Å². The van der Waals surface area contributed by atoms with Crippen molar-refractivity contribution in [3.63, 3.8) is 0 Å². The number of rotatable bonds is 2. The van der Waals surface area contributed by atoms with Gasteiger partial charge in [0.2, 0.25) is 0 Å². The van der Waals surface area contributed by atoms with Gasteiger partial charge in [-0.25, -0.2) is 14.2 Å². The lowest BCUT2D eigenvalue weighted by Gasteiger charge is -2.03. The highest BCUT2D eigenvalue weighted by atomic mass is 32.1. The Labute approximate surface area is 114 Å². The van der Waals surface area contributed by atoms with Crippen LogP contribution in [0.3, 0.4) is 0 Å². The van der Waals surface area contributed by atoms with E-state index in [2.05, 4.69) is 4.98 Å². The van der Waals surface area contributed by atoms with Crippen molar-refractivity contribution in [1.82, 2.24) is 4.98 Å². The first-order valence-electron chi connectivity index (χ1n) is 5.28. The molecule has 1 N–H and O–H groups in total. The van der Waals surface area contributed by atoms with Crippen LogP contribution < -0.4 is 0 Å². The summed E-state index contributed by atoms with van der Waals surface area (Å²) < 4.78 is 51.3. The Kier molecular flexibility index (Phi) is 3.51. The average molecular weight is 305 g/mol. The second kappa shape index (κ2) is 4.86. The standard InChI is InChI=1S/C12H7F4NO2S/c1-5-2-3-6(13)4-7(5)10-17-9(12(14,15)16)8(20-10)11(18)19/h2-4H,1H3,(H,18,19). The highest BCUT2D eigenvalue weighted by molar-refractivity contribution is 7.17. The lowest BCUT2D eigenvalue weighted by atomic mass is 10.1. The molecule has 0 atom stereocenters. The van der Waals surface area contributed by atoms with Crippen molar-refractivity contribution in [3.05, 3.63) is 40.2 Å². The number of aryl methyl sites for hydroxylation is 1. The molecule has 0 radical (unpaired) electrons. The quantitative estimate of drug-likeness (QED) is 0.854. The van der Waals surface area contributed by atoms with Crippen LogP contribution in [0, 0.1) is 12.7 Å². The lowest BCUT2D eigenvalue weighted by molar-refractivity contribution is -0.141. The lowest BCUT2D eigenvalue weighted by Crippen LogP contribution is -2.11. The number of carbonyl (C=O) groups is 1. The monoisotopic (exact) mass is 305 g/mol. The first-order chi connectivity index (χ1) is 9.20. The van der Waals surface area contributed by atoms with Gasteiger partial charge in [-0.15, -0.1) is 11.3 Å². The van der Waals surface area contributed by atoms with Crippen LogP contribution >= 0.6 is 11.3 Å². The number of aromatic nitrogens is 1. The zero-order valence-electron chi connectivity index (χ0n) is 9.95. The molecule has 0 saturated carbocycles. The summed E-state index contributed by atoms with van der Waals surface area (Å²) >= 11 is 0.373. The maximum Gasteiger partial charge on any atom is 0.435 e. The van der Waals surface area contributed by atoms with E-state index in [0.29, 0.717) is 16.9 Å². The van der Waals surface area contributed by atoms with Crippen molar-refractivity contribution in [2.75, 3.05) is 0 Å². The second-order valence-electron chi connectivity index (χ2n) is 3.96. The van der Waals surface area contributed by atoms with Gasteiger partial charge in [0.05, 0.1) is 0 Å². The molecule has 106 valence electrons. The molecule has 0 bridgehead atoms. The Morgan fingerprint density at radius 1 is 1.35 bits per heavy atom. The Bertz CT molecular complexity index is 679. The number of aromatic carboxylic acids is 1. The highest BCUT2D eigenvalue weighted by Crippen LogP contribution is 2.38. The second-order valence-corrected chi connectivity index (χ2v) is 4.96. The molecule has 8 heteroatoms. The summed E-state index contributed by atoms with van der Waals surface area (Å²) in [5.74, 6) is -2.35. The van der Waals surface area contributed by atoms with Crippen molar-refractivity contribution in [2.24, 2.45) is 0 Å². The Balaban J connectivity index is 2.65. The summed E-state index contributed by atoms with van der Waals surface area (Å²) in [4.78, 5) is 13.3. The van der Waals surface area contributed by atoms with Gasteiger partial charge >= 0.3 is 12.1 Å². The van der Waals surface area contributed by atoms with E-state index in [4.69, 9.17) is 5.11 Å². The summed E-state index contributed by atoms with van der Waals surface area (Å²) in [7, 11) is 0. The zero-order chi connectivity index (χ0) is 15.1. The van der Waals surface area contributed by atoms with Gasteiger partial charge in [0.25, 0.3) is 0 Å². The molecule has 1 aromatic heterocycles. The molecule has 20 heavy (non-hydrogen) atoms. The number of carboxylic acids is 1. The van der Waals surface area contributed by atoms with Gasteiger partial charge in [0.1, 0.15) is 15.7 Å². The highest BCUT2D eigenvalue weighted by Gasteiger charge is 2.39. The van der Waals surface area contributed by atoms with E-state index < -0.39 is 28.5 Å². The van der Waals surface area contributed by atoms with Crippen LogP contribution in [0.4, 0.5) is 17.6 Å². The Morgan fingerprint density at radius 3 is 2.50 bits per heavy atom. The first kappa shape index (κ1) is 14.4. The number of hydrogen-bond acceptors (Lipinski definition) is 3. The minimum absolute atomic E-state index is 0.146. The molecule has 0 amide bonds. The van der Waals surface area contributed by atoms with Crippen LogP contribution in [0.5, 0.6) is 0 Å². The van der Waals surface area contributed by atoms with Gasteiger partial charge in [-0.05, 0) is 24.6 Å². The van der Waals surface area contributed by atoms with Crippen LogP contribution in [0.15, 0.2) is 18.2 Å². The molecular formula is C12H7F4NO2S. The molecular weight excluding hydrogens is 298 g/mol. The summed E-state index contributed by atoms with van der Waals surface area (Å²) in [6, 6.07) is 3.58. The van der Waals surface area contributed by atoms with Crippen molar-refractivity contribution in [1.29, 1.82) is 0 Å². The minimum Gasteiger partial charge on any atom is -0.477 e. The molecule has 1 aromatic carbocycles. The molecule has 0 spiro atoms. The van der Waals surface area contributed by atoms with Crippen molar-refractivity contribution in [3.8, 4) is 10.6 Å². The van der Waals surface area contributed by atoms with Gasteiger partial charge in [-0.3, -0.25) is 0 Å². The van der Waals surface area contributed by atoms with Crippen LogP contribution in [-0.2, 0) is 6.18 Å². The van der Waals surface area contributed by atoms with E-state index >= 15 is 0 Å². The van der Waals surface area contributed by atoms with Gasteiger partial charge in [0, 0.05) is 5.56 Å². The summed E-state index contributed by atoms with van der Waals surface area (Å²) in [5.41, 5.74) is -0.813. The molecule has 0 aliphatic rings. The van der Waals surface area contributed by atoms with Crippen LogP contribution in [0.2, 0.25) is 0 Å². The van der Waals surface area contributed by atoms with E-state index in [1.54, 1.807) is 6.92 Å². The van der Waals surface area contributed by atoms with Crippen molar-refractivity contribution in [2.45, 2.75) is 13.1 Å². The number of thiazole rings is 1. The summed E-state index contributed by atoms with van der Waals surface area (Å²) in [5, 5.41) is 8.64. The molecule has 0 aliphatic carbocycles. The summed E-state index contributed by atoms with van der Waals surface area (Å²) in [6.45, 7) is 1.57. The SMILES string of the molecule is Cc1ccc(F)cc1-c1nc(C(F)(F)F)c(C(=O)O)s1. The van der Waals surface area contributed by atoms with E-state index in [1.165, 1.54) is 6.07 Å². The number of carboxylic acid groups (broad SMARTS) is 1. The number of nitrogens with zero attached hydrogens (tertiary/aromatic N) is 1. The predicted octanol–water partition coefficient (Wildman–Crippen LogP) is 3.97. The van der Waals surface area contributed by atoms with Crippen LogP contribution in [0.25, 0.3) is 10.6 Å². The van der Waals surface area contributed by atoms with Gasteiger partial charge in [-0.1, -0.05) is 6.07 Å². The number of alkyl halides is 3. The van der Waals surface area contributed by atoms with Crippen molar-refractivity contribution >= 4 is 17.3 Å². The fraction of sp³-hybridized carbons (Fsp3) is 0.167. The molecule has 3 nitrogen and oxygen atoms in total. The predicted molar refractivity (Wildman–Crippen MR) is 64.2 cm³/mol. The van der Waals surface area contributed by atoms with Gasteiger partial charge in [-0.2, -0.15) is 13.2 Å². The van der Waals surface area contributed by atoms with E-state index in [9.17, 15) is 22.4 Å². The molecule has 0 fully saturated rings. The zero-order valence-corrected chi connectivity index (χ0v) is 10.8. The molecule has 2 aromatic rings. The maximum absolute atomic E-state index is 13.2. The minimum atomic E-state index is -4.87. The fourth-order valence-electron chi connectivity index (χ4n) is 1.60. The summed E-state index contributed by atoms with van der Waals surface area (Å²) in [6.07, 6.45) is -4.87. The topological polar surface area (TPSA) is 50.2 Å². The normalized spacial score (nSPS) is 11.7. The number of hydrogen-bond donors (Lipinski definition) is 1. The van der Waals surface area contributed by atoms with Gasteiger partial charge < -0.3 is 5.11 Å². The number of benzene rings is 1. The number of halogens is 4.